The number of carbonyl (C=O) groups is 2. The van der Waals surface area contributed by atoms with Gasteiger partial charge in [0.2, 0.25) is 5.01 Å². The Bertz CT molecular complexity index is 1160. The van der Waals surface area contributed by atoms with E-state index >= 15 is 0 Å². The van der Waals surface area contributed by atoms with Gasteiger partial charge in [-0.3, -0.25) is 4.79 Å². The standard InChI is InChI=1S/C22H21ClFN5O3S/c1-32-18-9-4-14(23)11-17(18)26-22(31)29-10-2-3-13(12-29)20-27-28-21(33-20)19(30)25-16-7-5-15(24)6-8-16/h4-9,11,13H,2-3,10,12H2,1H3,(H,25,30)(H,26,31)/t13-/m1/s1. The van der Waals surface area contributed by atoms with Crippen LogP contribution in [0.1, 0.15) is 33.6 Å². The minimum atomic E-state index is -0.413. The average molecular weight is 490 g/mol. The highest BCUT2D eigenvalue weighted by Gasteiger charge is 2.28. The van der Waals surface area contributed by atoms with E-state index in [-0.39, 0.29) is 22.8 Å². The molecule has 1 fully saturated rings. The topological polar surface area (TPSA) is 96.4 Å². The Labute approximate surface area is 198 Å². The summed E-state index contributed by atoms with van der Waals surface area (Å²) in [6.45, 7) is 1.05. The number of halogens is 2. The molecular formula is C22H21ClFN5O3S. The van der Waals surface area contributed by atoms with Crippen LogP contribution in [0.5, 0.6) is 5.75 Å². The van der Waals surface area contributed by atoms with E-state index in [0.29, 0.717) is 40.2 Å². The number of amides is 3. The molecule has 0 aliphatic carbocycles. The number of piperidine rings is 1. The van der Waals surface area contributed by atoms with E-state index in [1.54, 1.807) is 23.1 Å². The minimum absolute atomic E-state index is 0.0318. The molecule has 0 bridgehead atoms. The van der Waals surface area contributed by atoms with Crippen molar-refractivity contribution < 1.29 is 18.7 Å². The summed E-state index contributed by atoms with van der Waals surface area (Å²) in [6, 6.07) is 10.2. The summed E-state index contributed by atoms with van der Waals surface area (Å²) in [7, 11) is 1.52. The summed E-state index contributed by atoms with van der Waals surface area (Å²) in [4.78, 5) is 27.0. The molecule has 4 rings (SSSR count). The zero-order chi connectivity index (χ0) is 23.4. The summed E-state index contributed by atoms with van der Waals surface area (Å²) in [5.74, 6) is -0.312. The van der Waals surface area contributed by atoms with Gasteiger partial charge in [0.25, 0.3) is 5.91 Å². The van der Waals surface area contributed by atoms with Crippen molar-refractivity contribution in [3.8, 4) is 5.75 Å². The van der Waals surface area contributed by atoms with E-state index in [1.165, 1.54) is 42.7 Å². The van der Waals surface area contributed by atoms with Crippen molar-refractivity contribution in [3.05, 3.63) is 63.3 Å². The smallest absolute Gasteiger partial charge is 0.321 e. The van der Waals surface area contributed by atoms with E-state index in [0.717, 1.165) is 12.8 Å². The number of rotatable bonds is 5. The van der Waals surface area contributed by atoms with Crippen molar-refractivity contribution in [3.63, 3.8) is 0 Å². The number of nitrogens with one attached hydrogen (secondary N) is 2. The maximum atomic E-state index is 13.0. The predicted molar refractivity (Wildman–Crippen MR) is 125 cm³/mol. The fourth-order valence-electron chi connectivity index (χ4n) is 3.54. The molecule has 0 unspecified atom stereocenters. The fraction of sp³-hybridized carbons (Fsp3) is 0.273. The number of carbonyl (C=O) groups excluding carboxylic acids is 2. The molecule has 3 aromatic rings. The third kappa shape index (κ3) is 5.58. The Morgan fingerprint density at radius 2 is 1.97 bits per heavy atom. The lowest BCUT2D eigenvalue weighted by atomic mass is 9.99. The molecule has 1 aliphatic heterocycles. The number of likely N-dealkylation sites (tertiary alicyclic amines) is 1. The maximum absolute atomic E-state index is 13.0. The lowest BCUT2D eigenvalue weighted by Gasteiger charge is -2.31. The number of anilines is 2. The molecule has 2 N–H and O–H groups in total. The quantitative estimate of drug-likeness (QED) is 0.525. The van der Waals surface area contributed by atoms with Gasteiger partial charge in [-0.05, 0) is 55.3 Å². The van der Waals surface area contributed by atoms with Gasteiger partial charge in [-0.1, -0.05) is 22.9 Å². The second-order valence-electron chi connectivity index (χ2n) is 7.47. The van der Waals surface area contributed by atoms with Gasteiger partial charge in [0.05, 0.1) is 12.8 Å². The number of aromatic nitrogens is 2. The minimum Gasteiger partial charge on any atom is -0.495 e. The first-order valence-electron chi connectivity index (χ1n) is 10.2. The van der Waals surface area contributed by atoms with Crippen molar-refractivity contribution >= 4 is 46.3 Å². The van der Waals surface area contributed by atoms with Crippen LogP contribution >= 0.6 is 22.9 Å². The predicted octanol–water partition coefficient (Wildman–Crippen LogP) is 5.00. The van der Waals surface area contributed by atoms with Crippen LogP contribution in [0.15, 0.2) is 42.5 Å². The lowest BCUT2D eigenvalue weighted by Crippen LogP contribution is -2.41. The van der Waals surface area contributed by atoms with Gasteiger partial charge in [0, 0.05) is 29.7 Å². The number of benzene rings is 2. The van der Waals surface area contributed by atoms with Gasteiger partial charge in [-0.2, -0.15) is 0 Å². The first-order valence-corrected chi connectivity index (χ1v) is 11.4. The summed E-state index contributed by atoms with van der Waals surface area (Å²) < 4.78 is 18.3. The Hall–Kier alpha value is -3.24. The SMILES string of the molecule is COc1ccc(Cl)cc1NC(=O)N1CCC[C@@H](c2nnc(C(=O)Nc3ccc(F)cc3)s2)C1. The van der Waals surface area contributed by atoms with Gasteiger partial charge in [-0.15, -0.1) is 10.2 Å². The molecule has 0 spiro atoms. The van der Waals surface area contributed by atoms with E-state index in [9.17, 15) is 14.0 Å². The Morgan fingerprint density at radius 1 is 1.18 bits per heavy atom. The normalized spacial score (nSPS) is 15.7. The van der Waals surface area contributed by atoms with Crippen LogP contribution in [-0.2, 0) is 0 Å². The number of hydrogen-bond donors (Lipinski definition) is 2. The third-order valence-electron chi connectivity index (χ3n) is 5.20. The second kappa shape index (κ2) is 10.1. The summed E-state index contributed by atoms with van der Waals surface area (Å²) in [6.07, 6.45) is 1.62. The largest absolute Gasteiger partial charge is 0.495 e. The molecule has 1 aromatic heterocycles. The summed E-state index contributed by atoms with van der Waals surface area (Å²) in [5, 5.41) is 15.1. The molecule has 1 atom stereocenters. The number of hydrogen-bond acceptors (Lipinski definition) is 6. The van der Waals surface area contributed by atoms with E-state index in [2.05, 4.69) is 20.8 Å². The van der Waals surface area contributed by atoms with Gasteiger partial charge in [-0.25, -0.2) is 9.18 Å². The summed E-state index contributed by atoms with van der Waals surface area (Å²) >= 11 is 7.24. The number of ether oxygens (including phenoxy) is 1. The molecule has 33 heavy (non-hydrogen) atoms. The molecule has 3 amide bonds. The molecule has 11 heteroatoms. The van der Waals surface area contributed by atoms with E-state index in [1.807, 2.05) is 0 Å². The van der Waals surface area contributed by atoms with Crippen LogP contribution in [0.25, 0.3) is 0 Å². The van der Waals surface area contributed by atoms with Gasteiger partial charge in [0.15, 0.2) is 0 Å². The van der Waals surface area contributed by atoms with Crippen molar-refractivity contribution in [1.82, 2.24) is 15.1 Å². The van der Waals surface area contributed by atoms with E-state index < -0.39 is 5.91 Å². The molecule has 0 saturated carbocycles. The number of methoxy groups -OCH3 is 1. The van der Waals surface area contributed by atoms with Gasteiger partial charge >= 0.3 is 6.03 Å². The number of urea groups is 1. The highest BCUT2D eigenvalue weighted by atomic mass is 35.5. The highest BCUT2D eigenvalue weighted by Crippen LogP contribution is 2.31. The lowest BCUT2D eigenvalue weighted by molar-refractivity contribution is 0.102. The second-order valence-corrected chi connectivity index (χ2v) is 8.91. The van der Waals surface area contributed by atoms with Crippen LogP contribution in [0.3, 0.4) is 0 Å². The molecular weight excluding hydrogens is 469 g/mol. The van der Waals surface area contributed by atoms with Crippen LogP contribution in [-0.4, -0.2) is 47.2 Å². The first kappa shape index (κ1) is 22.9. The first-order chi connectivity index (χ1) is 15.9. The molecule has 0 radical (unpaired) electrons. The third-order valence-corrected chi connectivity index (χ3v) is 6.52. The molecule has 8 nitrogen and oxygen atoms in total. The Balaban J connectivity index is 1.40. The van der Waals surface area contributed by atoms with Crippen LogP contribution in [0.4, 0.5) is 20.6 Å². The highest BCUT2D eigenvalue weighted by molar-refractivity contribution is 7.13. The fourth-order valence-corrected chi connectivity index (χ4v) is 4.58. The van der Waals surface area contributed by atoms with E-state index in [4.69, 9.17) is 16.3 Å². The van der Waals surface area contributed by atoms with Gasteiger partial charge in [0.1, 0.15) is 16.6 Å². The summed E-state index contributed by atoms with van der Waals surface area (Å²) in [5.41, 5.74) is 0.961. The molecule has 172 valence electrons. The molecule has 1 aliphatic rings. The van der Waals surface area contributed by atoms with Crippen molar-refractivity contribution in [2.24, 2.45) is 0 Å². The van der Waals surface area contributed by atoms with Crippen LogP contribution in [0.2, 0.25) is 5.02 Å². The van der Waals surface area contributed by atoms with Gasteiger partial charge < -0.3 is 20.3 Å². The van der Waals surface area contributed by atoms with Crippen LogP contribution in [0, 0.1) is 5.82 Å². The monoisotopic (exact) mass is 489 g/mol. The zero-order valence-electron chi connectivity index (χ0n) is 17.7. The molecule has 2 heterocycles. The maximum Gasteiger partial charge on any atom is 0.321 e. The van der Waals surface area contributed by atoms with Crippen molar-refractivity contribution in [2.45, 2.75) is 18.8 Å². The molecule has 2 aromatic carbocycles. The van der Waals surface area contributed by atoms with Crippen molar-refractivity contribution in [1.29, 1.82) is 0 Å². The number of nitrogens with zero attached hydrogens (tertiary/aromatic N) is 3. The van der Waals surface area contributed by atoms with Crippen molar-refractivity contribution in [2.75, 3.05) is 30.8 Å². The Morgan fingerprint density at radius 3 is 2.73 bits per heavy atom. The zero-order valence-corrected chi connectivity index (χ0v) is 19.3. The average Bonchev–Trinajstić information content (AvgIpc) is 3.31. The Kier molecular flexibility index (Phi) is 7.05. The molecule has 1 saturated heterocycles. The van der Waals surface area contributed by atoms with Crippen LogP contribution < -0.4 is 15.4 Å².